The highest BCUT2D eigenvalue weighted by Gasteiger charge is 2.29. The zero-order valence-electron chi connectivity index (χ0n) is 48.2. The SMILES string of the molecule is [2H]C([2H])(c1cc(-c2cccc3c4ccccc4c4ccccc4c4cccc5c4n(c23)CN5c2cc(Oc3ccc4c5ccccc5n(-c5cc(C(C)(C)C)ccn5)c4c3)cc([Si](C)(C)C)c2)cc(C(C)(C)C)c1)C(C)(C)C. The largest absolute Gasteiger partial charge is 0.457 e. The van der Waals surface area contributed by atoms with Gasteiger partial charge >= 0.3 is 0 Å². The van der Waals surface area contributed by atoms with Crippen LogP contribution in [-0.2, 0) is 23.9 Å². The Bertz CT molecular complexity index is 4310. The average Bonchev–Trinajstić information content (AvgIpc) is 4.20. The molecule has 0 unspecified atom stereocenters. The number of ether oxygens (including phenoxy) is 1. The molecule has 11 aromatic rings. The molecule has 0 bridgehead atoms. The van der Waals surface area contributed by atoms with Crippen molar-refractivity contribution in [1.29, 1.82) is 0 Å². The molecule has 4 heterocycles. The van der Waals surface area contributed by atoms with Gasteiger partial charge in [-0.05, 0) is 115 Å². The summed E-state index contributed by atoms with van der Waals surface area (Å²) < 4.78 is 31.3. The summed E-state index contributed by atoms with van der Waals surface area (Å²) in [5.41, 5.74) is 10.7. The third-order valence-electron chi connectivity index (χ3n) is 15.3. The van der Waals surface area contributed by atoms with E-state index in [1.807, 2.05) is 27.0 Å². The van der Waals surface area contributed by atoms with E-state index in [0.29, 0.717) is 12.2 Å². The minimum Gasteiger partial charge on any atom is -0.457 e. The number of hydrogen-bond donors (Lipinski definition) is 0. The summed E-state index contributed by atoms with van der Waals surface area (Å²) in [6, 6.07) is 64.1. The molecule has 0 N–H and O–H groups in total. The van der Waals surface area contributed by atoms with Crippen molar-refractivity contribution >= 4 is 89.8 Å². The van der Waals surface area contributed by atoms with Crippen LogP contribution in [0.5, 0.6) is 11.5 Å². The van der Waals surface area contributed by atoms with Gasteiger partial charge in [-0.15, -0.1) is 0 Å². The summed E-state index contributed by atoms with van der Waals surface area (Å²) in [6.45, 7) is 27.2. The second kappa shape index (κ2) is 18.0. The monoisotopic (exact) mass is 1010 g/mol. The maximum atomic E-state index is 9.65. The van der Waals surface area contributed by atoms with Crippen LogP contribution in [0.4, 0.5) is 11.4 Å². The van der Waals surface area contributed by atoms with Gasteiger partial charge in [-0.1, -0.05) is 202 Å². The van der Waals surface area contributed by atoms with Gasteiger partial charge in [0.2, 0.25) is 0 Å². The van der Waals surface area contributed by atoms with Crippen molar-refractivity contribution in [3.8, 4) is 28.4 Å². The van der Waals surface area contributed by atoms with E-state index in [1.165, 1.54) is 32.3 Å². The van der Waals surface area contributed by atoms with Gasteiger partial charge < -0.3 is 14.2 Å². The third kappa shape index (κ3) is 8.80. The Kier molecular flexibility index (Phi) is 11.1. The molecule has 0 saturated carbocycles. The van der Waals surface area contributed by atoms with Gasteiger partial charge in [-0.3, -0.25) is 4.57 Å². The molecule has 5 nitrogen and oxygen atoms in total. The van der Waals surface area contributed by atoms with Gasteiger partial charge in [-0.25, -0.2) is 4.98 Å². The number of nitrogens with zero attached hydrogens (tertiary/aromatic N) is 4. The van der Waals surface area contributed by atoms with Crippen LogP contribution in [0.15, 0.2) is 182 Å². The summed E-state index contributed by atoms with van der Waals surface area (Å²) in [4.78, 5) is 7.44. The first-order chi connectivity index (χ1) is 37.0. The first-order valence-corrected chi connectivity index (χ1v) is 30.5. The highest BCUT2D eigenvalue weighted by atomic mass is 28.3. The third-order valence-corrected chi connectivity index (χ3v) is 17.3. The van der Waals surface area contributed by atoms with E-state index >= 15 is 0 Å². The maximum Gasteiger partial charge on any atom is 0.137 e. The van der Waals surface area contributed by atoms with Crippen molar-refractivity contribution in [3.05, 3.63) is 199 Å². The van der Waals surface area contributed by atoms with Gasteiger partial charge in [0.05, 0.1) is 35.8 Å². The Hall–Kier alpha value is -7.67. The second-order valence-corrected chi connectivity index (χ2v) is 30.2. The van der Waals surface area contributed by atoms with E-state index < -0.39 is 19.9 Å². The molecule has 0 fully saturated rings. The molecular weight excluding hydrogens is 941 g/mol. The number of fused-ring (bicyclic) bond motifs is 10. The minimum atomic E-state index is -1.96. The Labute approximate surface area is 452 Å². The first kappa shape index (κ1) is 46.8. The van der Waals surface area contributed by atoms with Crippen molar-refractivity contribution in [3.63, 3.8) is 0 Å². The van der Waals surface area contributed by atoms with Crippen molar-refractivity contribution in [2.24, 2.45) is 5.41 Å². The molecule has 1 aliphatic rings. The maximum absolute atomic E-state index is 9.65. The Balaban J connectivity index is 1.10. The van der Waals surface area contributed by atoms with Gasteiger partial charge in [0.15, 0.2) is 0 Å². The molecule has 12 rings (SSSR count). The first-order valence-electron chi connectivity index (χ1n) is 28.0. The Morgan fingerprint density at radius 2 is 1.13 bits per heavy atom. The molecule has 380 valence electrons. The van der Waals surface area contributed by atoms with E-state index in [0.717, 1.165) is 89.0 Å². The summed E-state index contributed by atoms with van der Waals surface area (Å²) in [7, 11) is -1.96. The summed E-state index contributed by atoms with van der Waals surface area (Å²) in [5, 5.41) is 10.6. The summed E-state index contributed by atoms with van der Waals surface area (Å²) in [5.74, 6) is 2.43. The highest BCUT2D eigenvalue weighted by molar-refractivity contribution is 6.88. The van der Waals surface area contributed by atoms with Crippen LogP contribution in [0, 0.1) is 5.41 Å². The fourth-order valence-electron chi connectivity index (χ4n) is 11.5. The molecule has 8 aromatic carbocycles. The van der Waals surface area contributed by atoms with Crippen LogP contribution in [0.1, 0.15) is 81.7 Å². The molecule has 0 saturated heterocycles. The van der Waals surface area contributed by atoms with Crippen LogP contribution in [0.2, 0.25) is 19.6 Å². The zero-order chi connectivity index (χ0) is 54.8. The highest BCUT2D eigenvalue weighted by Crippen LogP contribution is 2.46. The normalized spacial score (nSPS) is 13.8. The molecule has 0 spiro atoms. The van der Waals surface area contributed by atoms with E-state index in [9.17, 15) is 2.74 Å². The Morgan fingerprint density at radius 1 is 0.526 bits per heavy atom. The van der Waals surface area contributed by atoms with Gasteiger partial charge in [0.1, 0.15) is 24.0 Å². The second-order valence-electron chi connectivity index (χ2n) is 25.1. The van der Waals surface area contributed by atoms with Crippen molar-refractivity contribution in [2.45, 2.75) is 106 Å². The standard InChI is InChI=1S/C70H70N4OSi/c1-68(2,3)43-45-35-46(37-48(36-45)70(7,8)9)53-26-19-27-60-56-23-15-13-21-54(56)55-22-14-16-24-57(55)61-28-20-30-63-67(61)73(66(53)60)44-72(63)49-39-51(41-52(40-49)76(10,11)12)75-50-31-32-59-58-25-17-18-29-62(58)74(64(59)42-50)65-38-47(33-34-71-65)69(4,5)6/h13-42H,43-44H2,1-12H3/i43D2. The number of pyridine rings is 1. The molecule has 0 atom stereocenters. The van der Waals surface area contributed by atoms with Crippen LogP contribution in [0.25, 0.3) is 82.1 Å². The average molecular weight is 1010 g/mol. The Morgan fingerprint density at radius 3 is 1.79 bits per heavy atom. The van der Waals surface area contributed by atoms with Gasteiger partial charge in [0, 0.05) is 53.9 Å². The lowest BCUT2D eigenvalue weighted by molar-refractivity contribution is 0.411. The number of aromatic nitrogens is 3. The summed E-state index contributed by atoms with van der Waals surface area (Å²) in [6.07, 6.45) is 0.321. The van der Waals surface area contributed by atoms with Crippen LogP contribution in [0.3, 0.4) is 0 Å². The molecule has 6 heteroatoms. The topological polar surface area (TPSA) is 35.2 Å². The molecule has 1 aliphatic heterocycles. The lowest BCUT2D eigenvalue weighted by Gasteiger charge is -2.25. The molecule has 76 heavy (non-hydrogen) atoms. The quantitative estimate of drug-likeness (QED) is 0.149. The minimum absolute atomic E-state index is 0.0394. The van der Waals surface area contributed by atoms with Crippen molar-refractivity contribution in [2.75, 3.05) is 4.90 Å². The molecule has 3 aromatic heterocycles. The van der Waals surface area contributed by atoms with Crippen LogP contribution in [-0.4, -0.2) is 22.2 Å². The van der Waals surface area contributed by atoms with E-state index in [4.69, 9.17) is 9.72 Å². The number of para-hydroxylation sites is 3. The number of hydrogen-bond acceptors (Lipinski definition) is 3. The van der Waals surface area contributed by atoms with E-state index in [1.54, 1.807) is 0 Å². The van der Waals surface area contributed by atoms with Gasteiger partial charge in [-0.2, -0.15) is 0 Å². The van der Waals surface area contributed by atoms with E-state index in [2.05, 4.69) is 251 Å². The van der Waals surface area contributed by atoms with Crippen molar-refractivity contribution in [1.82, 2.24) is 14.1 Å². The molecule has 0 amide bonds. The van der Waals surface area contributed by atoms with Crippen LogP contribution < -0.4 is 14.8 Å². The number of anilines is 2. The predicted octanol–water partition coefficient (Wildman–Crippen LogP) is 19.0. The zero-order valence-corrected chi connectivity index (χ0v) is 47.2. The fourth-order valence-corrected chi connectivity index (χ4v) is 12.6. The number of rotatable bonds is 7. The molecule has 0 radical (unpaired) electrons. The van der Waals surface area contributed by atoms with Crippen molar-refractivity contribution < 1.29 is 7.48 Å². The lowest BCUT2D eigenvalue weighted by atomic mass is 9.81. The fraction of sp³-hybridized carbons (Fsp3) is 0.243. The number of benzene rings is 8. The molecular formula is C70H70N4OSi. The lowest BCUT2D eigenvalue weighted by Crippen LogP contribution is -2.38. The van der Waals surface area contributed by atoms with Crippen LogP contribution >= 0.6 is 0 Å². The smallest absolute Gasteiger partial charge is 0.137 e. The summed E-state index contributed by atoms with van der Waals surface area (Å²) >= 11 is 0. The predicted molar refractivity (Wildman–Crippen MR) is 328 cm³/mol. The molecule has 0 aliphatic carbocycles. The van der Waals surface area contributed by atoms with Gasteiger partial charge in [0.25, 0.3) is 0 Å². The van der Waals surface area contributed by atoms with E-state index in [-0.39, 0.29) is 10.8 Å².